The summed E-state index contributed by atoms with van der Waals surface area (Å²) in [4.78, 5) is 4.80. The molecule has 0 fully saturated rings. The molecule has 1 aromatic heterocycles. The summed E-state index contributed by atoms with van der Waals surface area (Å²) < 4.78 is 6.17. The fourth-order valence-electron chi connectivity index (χ4n) is 10.1. The Hall–Kier alpha value is -7.03. The average molecular weight is 756 g/mol. The second kappa shape index (κ2) is 12.2. The summed E-state index contributed by atoms with van der Waals surface area (Å²) in [5.41, 5.74) is 20.6. The van der Waals surface area contributed by atoms with Gasteiger partial charge in [-0.3, -0.25) is 0 Å². The first kappa shape index (κ1) is 34.0. The maximum absolute atomic E-state index is 6.17. The number of nitrogens with zero attached hydrogens (tertiary/aromatic N) is 1. The lowest BCUT2D eigenvalue weighted by atomic mass is 9.79. The van der Waals surface area contributed by atoms with Crippen LogP contribution in [0.4, 0.5) is 0 Å². The molecule has 2 aliphatic carbocycles. The zero-order valence-corrected chi connectivity index (χ0v) is 33.6. The molecule has 1 heterocycles. The average Bonchev–Trinajstić information content (AvgIpc) is 3.88. The minimum atomic E-state index is -0.173. The summed E-state index contributed by atoms with van der Waals surface area (Å²) >= 11 is 0. The predicted molar refractivity (Wildman–Crippen MR) is 246 cm³/mol. The van der Waals surface area contributed by atoms with Crippen LogP contribution < -0.4 is 0 Å². The summed E-state index contributed by atoms with van der Waals surface area (Å²) in [7, 11) is 0. The quantitative estimate of drug-likeness (QED) is 0.179. The lowest BCUT2D eigenvalue weighted by Gasteiger charge is -2.24. The highest BCUT2D eigenvalue weighted by Gasteiger charge is 2.38. The number of hydrogen-bond acceptors (Lipinski definition) is 2. The van der Waals surface area contributed by atoms with Crippen molar-refractivity contribution in [1.82, 2.24) is 4.98 Å². The van der Waals surface area contributed by atoms with Gasteiger partial charge in [0.25, 0.3) is 0 Å². The van der Waals surface area contributed by atoms with E-state index in [4.69, 9.17) is 9.40 Å². The van der Waals surface area contributed by atoms with Crippen molar-refractivity contribution in [2.24, 2.45) is 0 Å². The van der Waals surface area contributed by atoms with Crippen LogP contribution in [-0.2, 0) is 10.8 Å². The molecule has 0 atom stereocenters. The number of aromatic nitrogens is 1. The molecule has 0 radical (unpaired) electrons. The molecule has 0 saturated carbocycles. The molecule has 9 aromatic carbocycles. The molecule has 2 heteroatoms. The van der Waals surface area contributed by atoms with E-state index >= 15 is 0 Å². The van der Waals surface area contributed by atoms with E-state index in [1.807, 2.05) is 24.3 Å². The molecule has 0 saturated heterocycles. The number of hydrogen-bond donors (Lipinski definition) is 0. The maximum atomic E-state index is 6.17. The van der Waals surface area contributed by atoms with Gasteiger partial charge >= 0.3 is 0 Å². The van der Waals surface area contributed by atoms with E-state index in [2.05, 4.69) is 179 Å². The number of benzene rings is 9. The Labute approximate surface area is 344 Å². The summed E-state index contributed by atoms with van der Waals surface area (Å²) in [5, 5.41) is 5.05. The molecular formula is C57H41NO. The fraction of sp³-hybridized carbons (Fsp3) is 0.105. The van der Waals surface area contributed by atoms with Gasteiger partial charge in [0.1, 0.15) is 5.52 Å². The number of rotatable bonds is 4. The molecule has 0 unspecified atom stereocenters. The van der Waals surface area contributed by atoms with Gasteiger partial charge in [-0.2, -0.15) is 0 Å². The lowest BCUT2D eigenvalue weighted by molar-refractivity contribution is 0.618. The minimum Gasteiger partial charge on any atom is -0.436 e. The van der Waals surface area contributed by atoms with Crippen molar-refractivity contribution in [3.63, 3.8) is 0 Å². The number of para-hydroxylation sites is 2. The van der Waals surface area contributed by atoms with Gasteiger partial charge in [0.2, 0.25) is 5.89 Å². The van der Waals surface area contributed by atoms with Crippen LogP contribution in [0.2, 0.25) is 0 Å². The maximum Gasteiger partial charge on any atom is 0.227 e. The zero-order chi connectivity index (χ0) is 39.6. The minimum absolute atomic E-state index is 0.143. The van der Waals surface area contributed by atoms with Crippen molar-refractivity contribution < 1.29 is 4.42 Å². The first-order chi connectivity index (χ1) is 28.7. The number of oxazole rings is 1. The van der Waals surface area contributed by atoms with Gasteiger partial charge in [-0.05, 0) is 160 Å². The second-order valence-corrected chi connectivity index (χ2v) is 17.6. The molecule has 0 N–H and O–H groups in total. The Balaban J connectivity index is 0.845. The third kappa shape index (κ3) is 5.16. The highest BCUT2D eigenvalue weighted by Crippen LogP contribution is 2.53. The van der Waals surface area contributed by atoms with Crippen LogP contribution in [0.15, 0.2) is 180 Å². The predicted octanol–water partition coefficient (Wildman–Crippen LogP) is 15.4. The van der Waals surface area contributed by atoms with Crippen LogP contribution in [0.5, 0.6) is 0 Å². The van der Waals surface area contributed by atoms with Gasteiger partial charge in [-0.25, -0.2) is 4.98 Å². The van der Waals surface area contributed by atoms with Crippen LogP contribution in [0.1, 0.15) is 49.9 Å². The van der Waals surface area contributed by atoms with Crippen molar-refractivity contribution in [3.05, 3.63) is 198 Å². The zero-order valence-electron chi connectivity index (χ0n) is 33.6. The van der Waals surface area contributed by atoms with Gasteiger partial charge < -0.3 is 4.42 Å². The molecule has 280 valence electrons. The van der Waals surface area contributed by atoms with Gasteiger partial charge in [0.05, 0.1) is 0 Å². The Morgan fingerprint density at radius 2 is 0.695 bits per heavy atom. The molecular weight excluding hydrogens is 715 g/mol. The summed E-state index contributed by atoms with van der Waals surface area (Å²) in [6, 6.07) is 65.0. The SMILES string of the molecule is CC1(C)c2cc(-c3ccc4c(c3)C(C)(C)c3cc(-c5nc6ccccc6o5)ccc3-4)ccc2-c2ccc(-c3ccc4cc(-c5ccc6ccccc6c5)ccc4c3)cc21. The van der Waals surface area contributed by atoms with E-state index in [1.54, 1.807) is 0 Å². The Morgan fingerprint density at radius 1 is 0.339 bits per heavy atom. The van der Waals surface area contributed by atoms with Gasteiger partial charge in [0, 0.05) is 16.4 Å². The molecule has 0 spiro atoms. The summed E-state index contributed by atoms with van der Waals surface area (Å²) in [6.07, 6.45) is 0. The molecule has 0 bridgehead atoms. The highest BCUT2D eigenvalue weighted by atomic mass is 16.3. The Kier molecular flexibility index (Phi) is 7.06. The van der Waals surface area contributed by atoms with Crippen molar-refractivity contribution in [2.75, 3.05) is 0 Å². The lowest BCUT2D eigenvalue weighted by Crippen LogP contribution is -2.15. The normalized spacial score (nSPS) is 14.4. The van der Waals surface area contributed by atoms with Gasteiger partial charge in [-0.1, -0.05) is 143 Å². The first-order valence-electron chi connectivity index (χ1n) is 20.7. The molecule has 12 rings (SSSR count). The van der Waals surface area contributed by atoms with Crippen molar-refractivity contribution in [3.8, 4) is 67.1 Å². The van der Waals surface area contributed by atoms with Crippen LogP contribution in [0, 0.1) is 0 Å². The van der Waals surface area contributed by atoms with Crippen LogP contribution in [0.3, 0.4) is 0 Å². The van der Waals surface area contributed by atoms with E-state index < -0.39 is 0 Å². The second-order valence-electron chi connectivity index (χ2n) is 17.6. The summed E-state index contributed by atoms with van der Waals surface area (Å²) in [5.74, 6) is 0.666. The first-order valence-corrected chi connectivity index (χ1v) is 20.7. The van der Waals surface area contributed by atoms with E-state index in [9.17, 15) is 0 Å². The van der Waals surface area contributed by atoms with Gasteiger partial charge in [0.15, 0.2) is 5.58 Å². The Morgan fingerprint density at radius 3 is 1.19 bits per heavy atom. The third-order valence-corrected chi connectivity index (χ3v) is 13.5. The smallest absolute Gasteiger partial charge is 0.227 e. The topological polar surface area (TPSA) is 26.0 Å². The van der Waals surface area contributed by atoms with E-state index in [0.29, 0.717) is 5.89 Å². The molecule has 0 amide bonds. The largest absolute Gasteiger partial charge is 0.436 e. The van der Waals surface area contributed by atoms with E-state index in [-0.39, 0.29) is 10.8 Å². The molecule has 2 aliphatic rings. The molecule has 0 aliphatic heterocycles. The van der Waals surface area contributed by atoms with Crippen molar-refractivity contribution in [1.29, 1.82) is 0 Å². The Bertz CT molecular complexity index is 3360. The molecule has 2 nitrogen and oxygen atoms in total. The monoisotopic (exact) mass is 755 g/mol. The van der Waals surface area contributed by atoms with Crippen molar-refractivity contribution in [2.45, 2.75) is 38.5 Å². The van der Waals surface area contributed by atoms with Crippen LogP contribution in [-0.4, -0.2) is 4.98 Å². The van der Waals surface area contributed by atoms with Crippen LogP contribution in [0.25, 0.3) is 99.7 Å². The van der Waals surface area contributed by atoms with Crippen LogP contribution >= 0.6 is 0 Å². The van der Waals surface area contributed by atoms with E-state index in [0.717, 1.165) is 16.7 Å². The third-order valence-electron chi connectivity index (χ3n) is 13.5. The summed E-state index contributed by atoms with van der Waals surface area (Å²) in [6.45, 7) is 9.46. The highest BCUT2D eigenvalue weighted by molar-refractivity contribution is 5.94. The molecule has 10 aromatic rings. The van der Waals surface area contributed by atoms with Crippen molar-refractivity contribution >= 4 is 32.6 Å². The van der Waals surface area contributed by atoms with E-state index in [1.165, 1.54) is 99.4 Å². The number of fused-ring (bicyclic) bond motifs is 9. The van der Waals surface area contributed by atoms with Gasteiger partial charge in [-0.15, -0.1) is 0 Å². The standard InChI is InChI=1S/C57H41NO/c1-56(2)49-30-41(40-18-17-38-28-37(15-16-39(38)29-40)36-14-13-34-9-5-6-10-35(34)27-36)19-23-45(49)46-24-20-42(31-50(46)56)43-21-25-47-48-26-22-44(33-52(48)57(3,4)51(47)32-43)55-58-53-11-7-8-12-54(53)59-55/h5-33H,1-4H3. The molecule has 59 heavy (non-hydrogen) atoms. The fourth-order valence-corrected chi connectivity index (χ4v) is 10.1.